The van der Waals surface area contributed by atoms with E-state index in [1.807, 2.05) is 22.7 Å². The van der Waals surface area contributed by atoms with E-state index in [4.69, 9.17) is 18.6 Å². The normalized spacial score (nSPS) is 21.7. The van der Waals surface area contributed by atoms with Gasteiger partial charge in [0.2, 0.25) is 0 Å². The van der Waals surface area contributed by atoms with Crippen molar-refractivity contribution in [3.05, 3.63) is 23.3 Å². The predicted molar refractivity (Wildman–Crippen MR) is 193 cm³/mol. The molecule has 0 spiro atoms. The molecule has 2 aliphatic heterocycles. The van der Waals surface area contributed by atoms with Crippen molar-refractivity contribution in [3.8, 4) is 9.75 Å². The summed E-state index contributed by atoms with van der Waals surface area (Å²) in [7, 11) is -0.681. The van der Waals surface area contributed by atoms with Crippen LogP contribution in [0.5, 0.6) is 0 Å². The molecule has 4 rings (SSSR count). The SMILES string of the molecule is CCCCC(CC)Cc1cc(B2OC(C)(C)C(C)(C)O2)sc1-c1sc(B2OC(C)(C)C(C)(C)O2)cc1CC(CC)CCCC. The second-order valence-corrected chi connectivity index (χ2v) is 17.6. The van der Waals surface area contributed by atoms with Crippen LogP contribution in [0.2, 0.25) is 0 Å². The van der Waals surface area contributed by atoms with Crippen LogP contribution in [0.1, 0.15) is 146 Å². The zero-order valence-corrected chi connectivity index (χ0v) is 31.6. The Morgan fingerprint density at radius 2 is 0.886 bits per heavy atom. The Labute approximate surface area is 278 Å². The van der Waals surface area contributed by atoms with E-state index in [0.717, 1.165) is 12.8 Å². The lowest BCUT2D eigenvalue weighted by Gasteiger charge is -2.32. The summed E-state index contributed by atoms with van der Waals surface area (Å²) in [6.07, 6.45) is 12.2. The van der Waals surface area contributed by atoms with Gasteiger partial charge in [0.25, 0.3) is 0 Å². The molecule has 0 amide bonds. The Balaban J connectivity index is 1.80. The first-order valence-electron chi connectivity index (χ1n) is 17.5. The molecule has 4 heterocycles. The van der Waals surface area contributed by atoms with Gasteiger partial charge in [0.15, 0.2) is 0 Å². The molecule has 246 valence electrons. The molecule has 2 aromatic heterocycles. The van der Waals surface area contributed by atoms with Crippen molar-refractivity contribution in [3.63, 3.8) is 0 Å². The van der Waals surface area contributed by atoms with Crippen LogP contribution in [-0.4, -0.2) is 36.6 Å². The average molecular weight is 643 g/mol. The summed E-state index contributed by atoms with van der Waals surface area (Å²) in [5.41, 5.74) is 1.46. The van der Waals surface area contributed by atoms with Gasteiger partial charge in [0, 0.05) is 19.3 Å². The van der Waals surface area contributed by atoms with E-state index >= 15 is 0 Å². The summed E-state index contributed by atoms with van der Waals surface area (Å²) in [6, 6.07) is 4.84. The van der Waals surface area contributed by atoms with Gasteiger partial charge in [-0.3, -0.25) is 0 Å². The molecule has 0 N–H and O–H groups in total. The van der Waals surface area contributed by atoms with Crippen molar-refractivity contribution in [1.29, 1.82) is 0 Å². The molecule has 2 aliphatic rings. The molecule has 0 saturated carbocycles. The minimum absolute atomic E-state index is 0.341. The van der Waals surface area contributed by atoms with Crippen LogP contribution in [0.15, 0.2) is 12.1 Å². The highest BCUT2D eigenvalue weighted by Crippen LogP contribution is 2.43. The molecular formula is C36H60B2O4S2. The third kappa shape index (κ3) is 7.73. The van der Waals surface area contributed by atoms with E-state index in [1.165, 1.54) is 81.8 Å². The highest BCUT2D eigenvalue weighted by Gasteiger charge is 2.54. The Morgan fingerprint density at radius 3 is 1.16 bits per heavy atom. The Hall–Kier alpha value is -0.630. The van der Waals surface area contributed by atoms with E-state index in [-0.39, 0.29) is 36.6 Å². The fourth-order valence-electron chi connectivity index (χ4n) is 6.25. The standard InChI is InChI=1S/C36H60B2O4S2/c1-13-17-19-25(15-3)21-27-23-29(37-39-33(5,6)34(7,8)40-37)43-31(27)32-28(22-26(16-4)20-18-14-2)24-30(44-32)38-41-35(9,10)36(11,12)42-38/h23-26H,13-22H2,1-12H3. The minimum Gasteiger partial charge on any atom is -0.399 e. The third-order valence-corrected chi connectivity index (χ3v) is 13.5. The van der Waals surface area contributed by atoms with Crippen LogP contribution in [-0.2, 0) is 31.5 Å². The van der Waals surface area contributed by atoms with Crippen LogP contribution in [0.3, 0.4) is 0 Å². The maximum atomic E-state index is 6.59. The Morgan fingerprint density at radius 1 is 0.568 bits per heavy atom. The van der Waals surface area contributed by atoms with Crippen LogP contribution < -0.4 is 9.55 Å². The van der Waals surface area contributed by atoms with Gasteiger partial charge in [0.1, 0.15) is 0 Å². The number of hydrogen-bond acceptors (Lipinski definition) is 6. The van der Waals surface area contributed by atoms with E-state index in [9.17, 15) is 0 Å². The molecule has 2 unspecified atom stereocenters. The zero-order valence-electron chi connectivity index (χ0n) is 30.0. The fourth-order valence-corrected chi connectivity index (χ4v) is 8.75. The second kappa shape index (κ2) is 14.2. The second-order valence-electron chi connectivity index (χ2n) is 15.4. The largest absolute Gasteiger partial charge is 0.505 e. The molecular weight excluding hydrogens is 582 g/mol. The molecule has 44 heavy (non-hydrogen) atoms. The summed E-state index contributed by atoms with van der Waals surface area (Å²) < 4.78 is 28.7. The minimum atomic E-state index is -0.360. The summed E-state index contributed by atoms with van der Waals surface area (Å²) >= 11 is 3.78. The zero-order chi connectivity index (χ0) is 32.5. The summed E-state index contributed by atoms with van der Waals surface area (Å²) in [4.78, 5) is 2.80. The molecule has 0 aromatic carbocycles. The molecule has 2 saturated heterocycles. The van der Waals surface area contributed by atoms with Gasteiger partial charge < -0.3 is 18.6 Å². The monoisotopic (exact) mass is 642 g/mol. The molecule has 0 aliphatic carbocycles. The number of thiophene rings is 2. The van der Waals surface area contributed by atoms with Crippen LogP contribution in [0, 0.1) is 11.8 Å². The number of rotatable bonds is 15. The van der Waals surface area contributed by atoms with E-state index in [1.54, 1.807) is 0 Å². The van der Waals surface area contributed by atoms with E-state index in [2.05, 4.69) is 95.2 Å². The lowest BCUT2D eigenvalue weighted by atomic mass is 9.84. The smallest absolute Gasteiger partial charge is 0.399 e. The number of hydrogen-bond donors (Lipinski definition) is 0. The molecule has 8 heteroatoms. The topological polar surface area (TPSA) is 36.9 Å². The van der Waals surface area contributed by atoms with Gasteiger partial charge in [-0.1, -0.05) is 79.1 Å². The van der Waals surface area contributed by atoms with Crippen molar-refractivity contribution in [2.75, 3.05) is 0 Å². The van der Waals surface area contributed by atoms with Crippen LogP contribution in [0.25, 0.3) is 9.75 Å². The summed E-state index contributed by atoms with van der Waals surface area (Å²) in [6.45, 7) is 26.5. The third-order valence-electron chi connectivity index (χ3n) is 10.9. The van der Waals surface area contributed by atoms with Crippen LogP contribution >= 0.6 is 22.7 Å². The van der Waals surface area contributed by atoms with Gasteiger partial charge in [-0.25, -0.2) is 0 Å². The van der Waals surface area contributed by atoms with Crippen molar-refractivity contribution in [2.24, 2.45) is 11.8 Å². The first-order valence-corrected chi connectivity index (χ1v) is 19.2. The lowest BCUT2D eigenvalue weighted by molar-refractivity contribution is 0.00578. The van der Waals surface area contributed by atoms with Crippen LogP contribution in [0.4, 0.5) is 0 Å². The van der Waals surface area contributed by atoms with Gasteiger partial charge in [0.05, 0.1) is 22.4 Å². The van der Waals surface area contributed by atoms with Crippen molar-refractivity contribution in [1.82, 2.24) is 0 Å². The molecule has 0 bridgehead atoms. The Bertz CT molecular complexity index is 1100. The van der Waals surface area contributed by atoms with Gasteiger partial charge >= 0.3 is 14.2 Å². The molecule has 0 radical (unpaired) electrons. The maximum absolute atomic E-state index is 6.59. The highest BCUT2D eigenvalue weighted by atomic mass is 32.1. The first-order chi connectivity index (χ1) is 20.6. The van der Waals surface area contributed by atoms with Crippen molar-refractivity contribution in [2.45, 2.75) is 170 Å². The van der Waals surface area contributed by atoms with Crippen molar-refractivity contribution >= 4 is 46.5 Å². The van der Waals surface area contributed by atoms with E-state index in [0.29, 0.717) is 11.8 Å². The summed E-state index contributed by atoms with van der Waals surface area (Å²) in [5.74, 6) is 1.35. The summed E-state index contributed by atoms with van der Waals surface area (Å²) in [5, 5.41) is 0. The van der Waals surface area contributed by atoms with Gasteiger partial charge in [-0.2, -0.15) is 0 Å². The predicted octanol–water partition coefficient (Wildman–Crippen LogP) is 9.59. The van der Waals surface area contributed by atoms with Gasteiger partial charge in [-0.15, -0.1) is 22.7 Å². The number of unbranched alkanes of at least 4 members (excludes halogenated alkanes) is 2. The van der Waals surface area contributed by atoms with E-state index < -0.39 is 0 Å². The molecule has 2 aromatic rings. The highest BCUT2D eigenvalue weighted by molar-refractivity contribution is 7.31. The average Bonchev–Trinajstić information content (AvgIpc) is 3.65. The van der Waals surface area contributed by atoms with Crippen molar-refractivity contribution < 1.29 is 18.6 Å². The Kier molecular flexibility index (Phi) is 11.7. The maximum Gasteiger partial charge on any atom is 0.505 e. The molecule has 2 fully saturated rings. The lowest BCUT2D eigenvalue weighted by Crippen LogP contribution is -2.41. The first kappa shape index (κ1) is 36.2. The quantitative estimate of drug-likeness (QED) is 0.181. The molecule has 4 nitrogen and oxygen atoms in total. The molecule has 2 atom stereocenters. The fraction of sp³-hybridized carbons (Fsp3) is 0.778. The van der Waals surface area contributed by atoms with Gasteiger partial charge in [-0.05, 0) is 103 Å².